The number of benzene rings is 1. The second kappa shape index (κ2) is 6.51. The van der Waals surface area contributed by atoms with Crippen molar-refractivity contribution in [2.24, 2.45) is 0 Å². The van der Waals surface area contributed by atoms with E-state index in [1.807, 2.05) is 4.68 Å². The largest absolute Gasteiger partial charge is 0.494 e. The van der Waals surface area contributed by atoms with Gasteiger partial charge in [0, 0.05) is 18.3 Å². The minimum absolute atomic E-state index is 0.0289. The fourth-order valence-electron chi connectivity index (χ4n) is 4.16. The molecule has 6 nitrogen and oxygen atoms in total. The maximum absolute atomic E-state index is 14.0. The molecule has 2 aromatic rings. The summed E-state index contributed by atoms with van der Waals surface area (Å²) in [6.45, 7) is 0. The van der Waals surface area contributed by atoms with Crippen LogP contribution in [0.3, 0.4) is 0 Å². The molecule has 140 valence electrons. The van der Waals surface area contributed by atoms with Crippen molar-refractivity contribution in [3.8, 4) is 5.75 Å². The molecule has 0 aliphatic carbocycles. The molecule has 2 bridgehead atoms. The summed E-state index contributed by atoms with van der Waals surface area (Å²) in [7, 11) is -2.42. The highest BCUT2D eigenvalue weighted by atomic mass is 35.5. The van der Waals surface area contributed by atoms with E-state index in [2.05, 4.69) is 5.10 Å². The SMILES string of the molecule is COc1ccc(S(=O)(=O)N2C3CCC2CC(n2cc(Cl)cn2)C3)cc1F. The summed E-state index contributed by atoms with van der Waals surface area (Å²) in [5, 5.41) is 4.84. The lowest BCUT2D eigenvalue weighted by Crippen LogP contribution is -2.46. The second-order valence-corrected chi connectivity index (χ2v) is 9.06. The molecule has 2 aliphatic heterocycles. The number of ether oxygens (including phenoxy) is 1. The number of hydrogen-bond acceptors (Lipinski definition) is 4. The van der Waals surface area contributed by atoms with Crippen LogP contribution in [0.1, 0.15) is 31.7 Å². The van der Waals surface area contributed by atoms with Crippen molar-refractivity contribution in [3.63, 3.8) is 0 Å². The summed E-state index contributed by atoms with van der Waals surface area (Å²) in [4.78, 5) is -0.0340. The Morgan fingerprint density at radius 2 is 1.92 bits per heavy atom. The number of nitrogens with zero attached hydrogens (tertiary/aromatic N) is 3. The van der Waals surface area contributed by atoms with Crippen molar-refractivity contribution in [1.29, 1.82) is 0 Å². The van der Waals surface area contributed by atoms with Crippen molar-refractivity contribution in [3.05, 3.63) is 41.4 Å². The van der Waals surface area contributed by atoms with E-state index in [0.29, 0.717) is 17.9 Å². The van der Waals surface area contributed by atoms with Gasteiger partial charge in [0.05, 0.1) is 29.3 Å². The van der Waals surface area contributed by atoms with Crippen LogP contribution in [0.2, 0.25) is 5.02 Å². The predicted molar refractivity (Wildman–Crippen MR) is 94.3 cm³/mol. The molecule has 26 heavy (non-hydrogen) atoms. The second-order valence-electron chi connectivity index (χ2n) is 6.78. The summed E-state index contributed by atoms with van der Waals surface area (Å²) >= 11 is 5.95. The van der Waals surface area contributed by atoms with Crippen molar-refractivity contribution in [1.82, 2.24) is 14.1 Å². The molecular weight excluding hydrogens is 381 g/mol. The highest BCUT2D eigenvalue weighted by Crippen LogP contribution is 2.44. The van der Waals surface area contributed by atoms with Gasteiger partial charge < -0.3 is 4.74 Å². The molecule has 0 saturated carbocycles. The van der Waals surface area contributed by atoms with E-state index < -0.39 is 15.8 Å². The molecule has 2 atom stereocenters. The van der Waals surface area contributed by atoms with Crippen molar-refractivity contribution in [2.75, 3.05) is 7.11 Å². The minimum atomic E-state index is -3.76. The first-order valence-electron chi connectivity index (χ1n) is 8.47. The first-order valence-corrected chi connectivity index (χ1v) is 10.3. The van der Waals surface area contributed by atoms with Gasteiger partial charge in [-0.15, -0.1) is 0 Å². The average molecular weight is 400 g/mol. The van der Waals surface area contributed by atoms with Crippen LogP contribution in [-0.4, -0.2) is 41.7 Å². The van der Waals surface area contributed by atoms with Crippen LogP contribution in [0.15, 0.2) is 35.5 Å². The summed E-state index contributed by atoms with van der Waals surface area (Å²) in [6, 6.07) is 3.68. The van der Waals surface area contributed by atoms with E-state index in [0.717, 1.165) is 18.9 Å². The molecule has 1 aromatic heterocycles. The molecule has 0 N–H and O–H groups in total. The fraction of sp³-hybridized carbons (Fsp3) is 0.471. The number of piperidine rings is 1. The normalized spacial score (nSPS) is 26.2. The van der Waals surface area contributed by atoms with Crippen molar-refractivity contribution >= 4 is 21.6 Å². The van der Waals surface area contributed by atoms with Gasteiger partial charge in [0.1, 0.15) is 0 Å². The van der Waals surface area contributed by atoms with Crippen LogP contribution in [0.4, 0.5) is 4.39 Å². The third kappa shape index (κ3) is 2.90. The van der Waals surface area contributed by atoms with Gasteiger partial charge in [-0.25, -0.2) is 12.8 Å². The molecule has 1 aromatic carbocycles. The number of methoxy groups -OCH3 is 1. The molecule has 2 unspecified atom stereocenters. The number of halogens is 2. The Morgan fingerprint density at radius 3 is 2.46 bits per heavy atom. The van der Waals surface area contributed by atoms with Gasteiger partial charge in [0.25, 0.3) is 0 Å². The zero-order chi connectivity index (χ0) is 18.5. The first kappa shape index (κ1) is 17.8. The lowest BCUT2D eigenvalue weighted by Gasteiger charge is -2.37. The molecule has 4 rings (SSSR count). The number of hydrogen-bond donors (Lipinski definition) is 0. The average Bonchev–Trinajstić information content (AvgIpc) is 3.16. The number of rotatable bonds is 4. The molecule has 2 aliphatic rings. The Bertz CT molecular complexity index is 919. The summed E-state index contributed by atoms with van der Waals surface area (Å²) in [5.41, 5.74) is 0. The van der Waals surface area contributed by atoms with Gasteiger partial charge in [-0.2, -0.15) is 9.40 Å². The van der Waals surface area contributed by atoms with Crippen LogP contribution >= 0.6 is 11.6 Å². The zero-order valence-electron chi connectivity index (χ0n) is 14.2. The van der Waals surface area contributed by atoms with Gasteiger partial charge in [0.15, 0.2) is 11.6 Å². The number of sulfonamides is 1. The molecule has 0 spiro atoms. The third-order valence-corrected chi connectivity index (χ3v) is 7.48. The Hall–Kier alpha value is -1.64. The summed E-state index contributed by atoms with van der Waals surface area (Å²) < 4.78 is 48.5. The Kier molecular flexibility index (Phi) is 4.45. The maximum Gasteiger partial charge on any atom is 0.243 e. The van der Waals surface area contributed by atoms with E-state index >= 15 is 0 Å². The van der Waals surface area contributed by atoms with E-state index in [-0.39, 0.29) is 28.8 Å². The van der Waals surface area contributed by atoms with Gasteiger partial charge >= 0.3 is 0 Å². The first-order chi connectivity index (χ1) is 12.4. The Labute approximate surface area is 156 Å². The van der Waals surface area contributed by atoms with Crippen molar-refractivity contribution in [2.45, 2.75) is 48.7 Å². The minimum Gasteiger partial charge on any atom is -0.494 e. The van der Waals surface area contributed by atoms with Crippen LogP contribution in [0.5, 0.6) is 5.75 Å². The quantitative estimate of drug-likeness (QED) is 0.791. The molecule has 0 radical (unpaired) electrons. The molecular formula is C17H19ClFN3O3S. The highest BCUT2D eigenvalue weighted by molar-refractivity contribution is 7.89. The Morgan fingerprint density at radius 1 is 1.23 bits per heavy atom. The van der Waals surface area contributed by atoms with Crippen LogP contribution in [0.25, 0.3) is 0 Å². The van der Waals surface area contributed by atoms with Crippen LogP contribution in [0, 0.1) is 5.82 Å². The molecule has 2 fully saturated rings. The zero-order valence-corrected chi connectivity index (χ0v) is 15.8. The maximum atomic E-state index is 14.0. The lowest BCUT2D eigenvalue weighted by atomic mass is 10.00. The highest BCUT2D eigenvalue weighted by Gasteiger charge is 2.47. The fourth-order valence-corrected chi connectivity index (χ4v) is 6.20. The third-order valence-electron chi connectivity index (χ3n) is 5.28. The number of fused-ring (bicyclic) bond motifs is 2. The topological polar surface area (TPSA) is 64.4 Å². The standard InChI is InChI=1S/C17H19ClFN3O3S/c1-25-17-5-4-15(8-16(17)19)26(23,24)22-12-2-3-13(22)7-14(6-12)21-10-11(18)9-20-21/h4-5,8-10,12-14H,2-3,6-7H2,1H3. The van der Waals surface area contributed by atoms with E-state index in [9.17, 15) is 12.8 Å². The van der Waals surface area contributed by atoms with Gasteiger partial charge in [-0.1, -0.05) is 11.6 Å². The molecule has 9 heteroatoms. The van der Waals surface area contributed by atoms with E-state index in [4.69, 9.17) is 16.3 Å². The van der Waals surface area contributed by atoms with Crippen LogP contribution in [-0.2, 0) is 10.0 Å². The monoisotopic (exact) mass is 399 g/mol. The van der Waals surface area contributed by atoms with Gasteiger partial charge in [-0.3, -0.25) is 4.68 Å². The van der Waals surface area contributed by atoms with Crippen molar-refractivity contribution < 1.29 is 17.5 Å². The smallest absolute Gasteiger partial charge is 0.243 e. The summed E-state index contributed by atoms with van der Waals surface area (Å²) in [6.07, 6.45) is 6.31. The molecule has 3 heterocycles. The molecule has 2 saturated heterocycles. The lowest BCUT2D eigenvalue weighted by molar-refractivity contribution is 0.184. The van der Waals surface area contributed by atoms with E-state index in [1.54, 1.807) is 16.7 Å². The Balaban J connectivity index is 1.61. The van der Waals surface area contributed by atoms with Gasteiger partial charge in [-0.05, 0) is 43.9 Å². The summed E-state index contributed by atoms with van der Waals surface area (Å²) in [5.74, 6) is -0.650. The molecule has 0 amide bonds. The van der Waals surface area contributed by atoms with Gasteiger partial charge in [0.2, 0.25) is 10.0 Å². The van der Waals surface area contributed by atoms with Crippen LogP contribution < -0.4 is 4.74 Å². The van der Waals surface area contributed by atoms with E-state index in [1.165, 1.54) is 19.2 Å². The number of aromatic nitrogens is 2. The predicted octanol–water partition coefficient (Wildman–Crippen LogP) is 3.24.